The van der Waals surface area contributed by atoms with Crippen LogP contribution in [-0.4, -0.2) is 12.1 Å². The molecule has 1 N–H and O–H groups in total. The Balaban J connectivity index is 2.08. The molecule has 2 aromatic carbocycles. The summed E-state index contributed by atoms with van der Waals surface area (Å²) in [5, 5.41) is 6.35. The van der Waals surface area contributed by atoms with Crippen LogP contribution >= 0.6 is 0 Å². The molecule has 0 bridgehead atoms. The molecule has 2 rings (SSSR count). The summed E-state index contributed by atoms with van der Waals surface area (Å²) in [6.07, 6.45) is 2.31. The summed E-state index contributed by atoms with van der Waals surface area (Å²) < 4.78 is 0. The number of benzene rings is 2. The van der Waals surface area contributed by atoms with Gasteiger partial charge < -0.3 is 5.32 Å². The van der Waals surface area contributed by atoms with Gasteiger partial charge in [-0.3, -0.25) is 0 Å². The predicted octanol–water partition coefficient (Wildman–Crippen LogP) is 5.19. The first kappa shape index (κ1) is 16.0. The summed E-state index contributed by atoms with van der Waals surface area (Å²) in [4.78, 5) is 0. The largest absolute Gasteiger partial charge is 0.312 e. The number of hydrogen-bond acceptors (Lipinski definition) is 1. The molecule has 114 valence electrons. The van der Waals surface area contributed by atoms with E-state index in [1.807, 2.05) is 0 Å². The highest BCUT2D eigenvalue weighted by Crippen LogP contribution is 2.29. The highest BCUT2D eigenvalue weighted by Gasteiger charge is 2.20. The lowest BCUT2D eigenvalue weighted by atomic mass is 9.81. The summed E-state index contributed by atoms with van der Waals surface area (Å²) in [6.45, 7) is 12.5. The Bertz CT molecular complexity index is 585. The minimum atomic E-state index is 0.204. The van der Waals surface area contributed by atoms with Crippen molar-refractivity contribution in [3.05, 3.63) is 48.0 Å². The van der Waals surface area contributed by atoms with Gasteiger partial charge in [0.25, 0.3) is 0 Å². The quantitative estimate of drug-likeness (QED) is 0.796. The van der Waals surface area contributed by atoms with E-state index in [0.29, 0.717) is 5.41 Å². The van der Waals surface area contributed by atoms with Gasteiger partial charge in [0.05, 0.1) is 0 Å². The van der Waals surface area contributed by atoms with Gasteiger partial charge in [-0.2, -0.15) is 0 Å². The van der Waals surface area contributed by atoms with Gasteiger partial charge in [0, 0.05) is 5.54 Å². The van der Waals surface area contributed by atoms with Gasteiger partial charge in [-0.1, -0.05) is 56.3 Å². The fraction of sp³-hybridized carbons (Fsp3) is 0.500. The maximum absolute atomic E-state index is 3.60. The molecule has 0 aliphatic heterocycles. The molecule has 0 atom stereocenters. The standard InChI is InChI=1S/C20H29N/c1-19(2,3)21-14-13-20(4,5)15-17-11-8-10-16-9-6-7-12-18(16)17/h6-12,21H,13-15H2,1-5H3. The van der Waals surface area contributed by atoms with Crippen molar-refractivity contribution in [1.82, 2.24) is 5.32 Å². The van der Waals surface area contributed by atoms with Gasteiger partial charge in [-0.25, -0.2) is 0 Å². The van der Waals surface area contributed by atoms with Crippen LogP contribution in [0.15, 0.2) is 42.5 Å². The number of rotatable bonds is 5. The number of hydrogen-bond donors (Lipinski definition) is 1. The molecule has 0 amide bonds. The smallest absolute Gasteiger partial charge is 0.00965 e. The molecule has 1 heteroatoms. The second kappa shape index (κ2) is 6.19. The molecule has 0 aliphatic rings. The third kappa shape index (κ3) is 4.86. The molecule has 0 aromatic heterocycles. The molecule has 1 nitrogen and oxygen atoms in total. The van der Waals surface area contributed by atoms with Gasteiger partial charge >= 0.3 is 0 Å². The average molecular weight is 283 g/mol. The van der Waals surface area contributed by atoms with Crippen LogP contribution in [0, 0.1) is 5.41 Å². The molecule has 0 radical (unpaired) electrons. The van der Waals surface area contributed by atoms with Crippen LogP contribution in [0.4, 0.5) is 0 Å². The lowest BCUT2D eigenvalue weighted by Crippen LogP contribution is -2.38. The van der Waals surface area contributed by atoms with Crippen LogP contribution in [0.25, 0.3) is 10.8 Å². The van der Waals surface area contributed by atoms with Crippen molar-refractivity contribution in [1.29, 1.82) is 0 Å². The maximum atomic E-state index is 3.60. The Morgan fingerprint density at radius 2 is 1.52 bits per heavy atom. The zero-order chi connectivity index (χ0) is 15.5. The molecule has 0 fully saturated rings. The van der Waals surface area contributed by atoms with E-state index in [0.717, 1.165) is 13.0 Å². The summed E-state index contributed by atoms with van der Waals surface area (Å²) in [7, 11) is 0. The summed E-state index contributed by atoms with van der Waals surface area (Å²) in [6, 6.07) is 15.4. The minimum absolute atomic E-state index is 0.204. The first-order valence-electron chi connectivity index (χ1n) is 7.99. The number of nitrogens with one attached hydrogen (secondary N) is 1. The zero-order valence-electron chi connectivity index (χ0n) is 14.2. The minimum Gasteiger partial charge on any atom is -0.312 e. The van der Waals surface area contributed by atoms with Crippen LogP contribution in [-0.2, 0) is 6.42 Å². The second-order valence-corrected chi connectivity index (χ2v) is 7.91. The third-order valence-electron chi connectivity index (χ3n) is 4.01. The van der Waals surface area contributed by atoms with Crippen molar-refractivity contribution < 1.29 is 0 Å². The molecule has 21 heavy (non-hydrogen) atoms. The van der Waals surface area contributed by atoms with E-state index in [4.69, 9.17) is 0 Å². The molecular weight excluding hydrogens is 254 g/mol. The van der Waals surface area contributed by atoms with Crippen LogP contribution in [0.3, 0.4) is 0 Å². The van der Waals surface area contributed by atoms with Crippen molar-refractivity contribution in [2.75, 3.05) is 6.54 Å². The SMILES string of the molecule is CC(C)(CCNC(C)(C)C)Cc1cccc2ccccc12. The van der Waals surface area contributed by atoms with E-state index < -0.39 is 0 Å². The summed E-state index contributed by atoms with van der Waals surface area (Å²) in [5.74, 6) is 0. The van der Waals surface area contributed by atoms with Crippen molar-refractivity contribution >= 4 is 10.8 Å². The Morgan fingerprint density at radius 1 is 0.857 bits per heavy atom. The van der Waals surface area contributed by atoms with Crippen LogP contribution in [0.5, 0.6) is 0 Å². The molecule has 0 spiro atoms. The molecule has 0 unspecified atom stereocenters. The molecular formula is C20H29N. The lowest BCUT2D eigenvalue weighted by Gasteiger charge is -2.28. The molecule has 0 saturated carbocycles. The van der Waals surface area contributed by atoms with E-state index in [9.17, 15) is 0 Å². The van der Waals surface area contributed by atoms with Gasteiger partial charge in [0.1, 0.15) is 0 Å². The fourth-order valence-electron chi connectivity index (χ4n) is 2.83. The van der Waals surface area contributed by atoms with E-state index in [1.165, 1.54) is 22.8 Å². The molecule has 0 saturated heterocycles. The fourth-order valence-corrected chi connectivity index (χ4v) is 2.83. The lowest BCUT2D eigenvalue weighted by molar-refractivity contribution is 0.303. The van der Waals surface area contributed by atoms with Crippen LogP contribution < -0.4 is 5.32 Å². The Labute approximate surface area is 129 Å². The van der Waals surface area contributed by atoms with Gasteiger partial charge in [-0.05, 0) is 61.9 Å². The van der Waals surface area contributed by atoms with E-state index >= 15 is 0 Å². The number of fused-ring (bicyclic) bond motifs is 1. The Morgan fingerprint density at radius 3 is 2.24 bits per heavy atom. The second-order valence-electron chi connectivity index (χ2n) is 7.91. The topological polar surface area (TPSA) is 12.0 Å². The van der Waals surface area contributed by atoms with Crippen molar-refractivity contribution in [2.45, 2.75) is 53.0 Å². The van der Waals surface area contributed by atoms with Crippen LogP contribution in [0.1, 0.15) is 46.6 Å². The highest BCUT2D eigenvalue weighted by molar-refractivity contribution is 5.85. The summed E-state index contributed by atoms with van der Waals surface area (Å²) >= 11 is 0. The van der Waals surface area contributed by atoms with Gasteiger partial charge in [0.15, 0.2) is 0 Å². The van der Waals surface area contributed by atoms with Crippen molar-refractivity contribution in [2.24, 2.45) is 5.41 Å². The third-order valence-corrected chi connectivity index (χ3v) is 4.01. The van der Waals surface area contributed by atoms with Crippen molar-refractivity contribution in [3.63, 3.8) is 0 Å². The monoisotopic (exact) mass is 283 g/mol. The summed E-state index contributed by atoms with van der Waals surface area (Å²) in [5.41, 5.74) is 1.98. The maximum Gasteiger partial charge on any atom is 0.00965 e. The van der Waals surface area contributed by atoms with Crippen molar-refractivity contribution in [3.8, 4) is 0 Å². The average Bonchev–Trinajstić information content (AvgIpc) is 2.37. The zero-order valence-corrected chi connectivity index (χ0v) is 14.2. The Kier molecular flexibility index (Phi) is 4.73. The van der Waals surface area contributed by atoms with E-state index in [-0.39, 0.29) is 5.54 Å². The first-order valence-corrected chi connectivity index (χ1v) is 7.99. The molecule has 2 aromatic rings. The molecule has 0 aliphatic carbocycles. The van der Waals surface area contributed by atoms with E-state index in [1.54, 1.807) is 0 Å². The normalized spacial score (nSPS) is 12.8. The highest BCUT2D eigenvalue weighted by atomic mass is 14.9. The van der Waals surface area contributed by atoms with Gasteiger partial charge in [0.2, 0.25) is 0 Å². The molecule has 0 heterocycles. The first-order chi connectivity index (χ1) is 9.77. The van der Waals surface area contributed by atoms with Gasteiger partial charge in [-0.15, -0.1) is 0 Å². The van der Waals surface area contributed by atoms with E-state index in [2.05, 4.69) is 82.4 Å². The Hall–Kier alpha value is -1.34. The van der Waals surface area contributed by atoms with Crippen LogP contribution in [0.2, 0.25) is 0 Å². The predicted molar refractivity (Wildman–Crippen MR) is 93.8 cm³/mol.